The molecule has 2 bridgehead atoms. The summed E-state index contributed by atoms with van der Waals surface area (Å²) >= 11 is 0. The van der Waals surface area contributed by atoms with Crippen molar-refractivity contribution in [2.24, 2.45) is 0 Å². The van der Waals surface area contributed by atoms with Crippen LogP contribution < -0.4 is 10.2 Å². The van der Waals surface area contributed by atoms with Gasteiger partial charge in [-0.15, -0.1) is 12.4 Å². The van der Waals surface area contributed by atoms with E-state index in [2.05, 4.69) is 22.2 Å². The minimum atomic E-state index is -0.0854. The second-order valence-electron chi connectivity index (χ2n) is 7.20. The van der Waals surface area contributed by atoms with E-state index in [4.69, 9.17) is 9.15 Å². The molecule has 0 saturated carbocycles. The maximum absolute atomic E-state index is 12.9. The number of morpholine rings is 1. The van der Waals surface area contributed by atoms with Gasteiger partial charge in [-0.1, -0.05) is 6.07 Å². The van der Waals surface area contributed by atoms with Gasteiger partial charge in [-0.3, -0.25) is 9.69 Å². The van der Waals surface area contributed by atoms with Crippen LogP contribution in [0.25, 0.3) is 11.1 Å². The van der Waals surface area contributed by atoms with Gasteiger partial charge in [0.25, 0.3) is 11.9 Å². The van der Waals surface area contributed by atoms with E-state index >= 15 is 0 Å². The topological polar surface area (TPSA) is 70.8 Å². The number of nitrogens with one attached hydrogen (secondary N) is 1. The Labute approximate surface area is 159 Å². The zero-order valence-corrected chi connectivity index (χ0v) is 16.1. The molecule has 0 aliphatic carbocycles. The van der Waals surface area contributed by atoms with Crippen molar-refractivity contribution in [3.05, 3.63) is 23.8 Å². The fraction of sp³-hybridized carbons (Fsp3) is 0.556. The Hall–Kier alpha value is -1.83. The smallest absolute Gasteiger partial charge is 0.297 e. The third-order valence-electron chi connectivity index (χ3n) is 5.26. The maximum atomic E-state index is 12.9. The highest BCUT2D eigenvalue weighted by Gasteiger charge is 2.37. The Balaban J connectivity index is 0.00000196. The Bertz CT molecular complexity index is 780. The van der Waals surface area contributed by atoms with Crippen LogP contribution in [0.4, 0.5) is 6.01 Å². The third-order valence-corrected chi connectivity index (χ3v) is 5.26. The number of halogens is 1. The van der Waals surface area contributed by atoms with Crippen LogP contribution in [0.15, 0.2) is 22.6 Å². The van der Waals surface area contributed by atoms with Gasteiger partial charge in [0, 0.05) is 32.2 Å². The van der Waals surface area contributed by atoms with Gasteiger partial charge in [0.2, 0.25) is 0 Å². The first-order valence-electron chi connectivity index (χ1n) is 8.70. The zero-order chi connectivity index (χ0) is 17.6. The molecule has 26 heavy (non-hydrogen) atoms. The number of fused-ring (bicyclic) bond motifs is 3. The highest BCUT2D eigenvalue weighted by atomic mass is 35.5. The van der Waals surface area contributed by atoms with Crippen LogP contribution in [0, 0.1) is 0 Å². The molecule has 1 N–H and O–H groups in total. The van der Waals surface area contributed by atoms with Gasteiger partial charge in [0.15, 0.2) is 5.58 Å². The highest BCUT2D eigenvalue weighted by Crippen LogP contribution is 2.27. The molecule has 2 unspecified atom stereocenters. The van der Waals surface area contributed by atoms with Crippen LogP contribution in [0.3, 0.4) is 0 Å². The van der Waals surface area contributed by atoms with Crippen molar-refractivity contribution in [2.75, 3.05) is 39.3 Å². The zero-order valence-electron chi connectivity index (χ0n) is 15.3. The van der Waals surface area contributed by atoms with Gasteiger partial charge < -0.3 is 19.4 Å². The fourth-order valence-electron chi connectivity index (χ4n) is 3.79. The van der Waals surface area contributed by atoms with Crippen molar-refractivity contribution < 1.29 is 13.9 Å². The van der Waals surface area contributed by atoms with Gasteiger partial charge in [-0.05, 0) is 32.0 Å². The summed E-state index contributed by atoms with van der Waals surface area (Å²) in [6, 6.07) is 6.89. The van der Waals surface area contributed by atoms with Gasteiger partial charge >= 0.3 is 0 Å². The molecule has 1 aromatic carbocycles. The molecular weight excluding hydrogens is 356 g/mol. The normalized spacial score (nSPS) is 25.6. The van der Waals surface area contributed by atoms with E-state index in [1.165, 1.54) is 0 Å². The fourth-order valence-corrected chi connectivity index (χ4v) is 3.79. The van der Waals surface area contributed by atoms with Crippen molar-refractivity contribution in [2.45, 2.75) is 31.0 Å². The summed E-state index contributed by atoms with van der Waals surface area (Å²) < 4.78 is 11.3. The lowest BCUT2D eigenvalue weighted by atomic mass is 9.90. The van der Waals surface area contributed by atoms with Crippen molar-refractivity contribution in [1.29, 1.82) is 0 Å². The van der Waals surface area contributed by atoms with Crippen molar-refractivity contribution in [1.82, 2.24) is 15.2 Å². The second-order valence-corrected chi connectivity index (χ2v) is 7.20. The van der Waals surface area contributed by atoms with E-state index in [1.54, 1.807) is 11.0 Å². The Morgan fingerprint density at radius 2 is 1.96 bits per heavy atom. The summed E-state index contributed by atoms with van der Waals surface area (Å²) in [5, 5.41) is 3.20. The first kappa shape index (κ1) is 18.9. The number of piperidine rings is 1. The SMILES string of the molecule is CN(C)c1nc2c(C(=O)NC3CC4COCC(C3)N4C)cccc2o1.Cl. The molecule has 0 spiro atoms. The number of amides is 1. The minimum absolute atomic E-state index is 0. The Morgan fingerprint density at radius 1 is 1.27 bits per heavy atom. The summed E-state index contributed by atoms with van der Waals surface area (Å²) in [7, 11) is 5.88. The second kappa shape index (κ2) is 7.42. The molecule has 0 radical (unpaired) electrons. The largest absolute Gasteiger partial charge is 0.423 e. The quantitative estimate of drug-likeness (QED) is 0.877. The van der Waals surface area contributed by atoms with Crippen molar-refractivity contribution in [3.8, 4) is 0 Å². The summed E-state index contributed by atoms with van der Waals surface area (Å²) in [5.41, 5.74) is 1.81. The first-order chi connectivity index (χ1) is 12.0. The van der Waals surface area contributed by atoms with Gasteiger partial charge in [-0.2, -0.15) is 4.98 Å². The summed E-state index contributed by atoms with van der Waals surface area (Å²) in [5.74, 6) is -0.0854. The molecule has 7 nitrogen and oxygen atoms in total. The number of aromatic nitrogens is 1. The molecule has 2 saturated heterocycles. The predicted octanol–water partition coefficient (Wildman–Crippen LogP) is 1.91. The third kappa shape index (κ3) is 3.39. The van der Waals surface area contributed by atoms with E-state index in [0.717, 1.165) is 26.1 Å². The predicted molar refractivity (Wildman–Crippen MR) is 102 cm³/mol. The number of oxazole rings is 1. The number of carbonyl (C=O) groups is 1. The van der Waals surface area contributed by atoms with Gasteiger partial charge in [-0.25, -0.2) is 0 Å². The summed E-state index contributed by atoms with van der Waals surface area (Å²) in [6.45, 7) is 1.48. The lowest BCUT2D eigenvalue weighted by Crippen LogP contribution is -2.59. The van der Waals surface area contributed by atoms with Gasteiger partial charge in [0.05, 0.1) is 18.8 Å². The number of likely N-dealkylation sites (N-methyl/N-ethyl adjacent to an activating group) is 1. The van der Waals surface area contributed by atoms with Crippen LogP contribution in [0.2, 0.25) is 0 Å². The molecule has 1 aromatic heterocycles. The standard InChI is InChI=1S/C18H24N4O3.ClH/c1-21(2)18-20-16-14(5-4-6-15(16)25-18)17(23)19-11-7-12-9-24-10-13(8-11)22(12)3;/h4-6,11-13H,7-10H2,1-3H3,(H,19,23);1H. The highest BCUT2D eigenvalue weighted by molar-refractivity contribution is 6.04. The van der Waals surface area contributed by atoms with E-state index in [-0.39, 0.29) is 24.4 Å². The average Bonchev–Trinajstić information content (AvgIpc) is 3.00. The number of para-hydroxylation sites is 1. The molecule has 2 aromatic rings. The van der Waals surface area contributed by atoms with Crippen LogP contribution in [0.1, 0.15) is 23.2 Å². The Kier molecular flexibility index (Phi) is 5.41. The van der Waals surface area contributed by atoms with E-state index in [9.17, 15) is 4.79 Å². The number of rotatable bonds is 3. The molecule has 2 aliphatic heterocycles. The lowest BCUT2D eigenvalue weighted by molar-refractivity contribution is -0.0670. The molecular formula is C18H25ClN4O3. The van der Waals surface area contributed by atoms with Crippen molar-refractivity contribution in [3.63, 3.8) is 0 Å². The monoisotopic (exact) mass is 380 g/mol. The van der Waals surface area contributed by atoms with Gasteiger partial charge in [0.1, 0.15) is 5.52 Å². The van der Waals surface area contributed by atoms with E-state index < -0.39 is 0 Å². The Morgan fingerprint density at radius 3 is 2.62 bits per heavy atom. The van der Waals surface area contributed by atoms with Crippen LogP contribution >= 0.6 is 12.4 Å². The molecule has 3 heterocycles. The van der Waals surface area contributed by atoms with Crippen LogP contribution in [0.5, 0.6) is 0 Å². The average molecular weight is 381 g/mol. The minimum Gasteiger partial charge on any atom is -0.423 e. The number of hydrogen-bond donors (Lipinski definition) is 1. The number of carbonyl (C=O) groups excluding carboxylic acids is 1. The number of anilines is 1. The first-order valence-corrected chi connectivity index (χ1v) is 8.70. The maximum Gasteiger partial charge on any atom is 0.297 e. The molecule has 1 amide bonds. The van der Waals surface area contributed by atoms with Crippen LogP contribution in [-0.2, 0) is 4.74 Å². The lowest BCUT2D eigenvalue weighted by Gasteiger charge is -2.46. The van der Waals surface area contributed by atoms with E-state index in [1.807, 2.05) is 26.2 Å². The van der Waals surface area contributed by atoms with Crippen molar-refractivity contribution >= 4 is 35.4 Å². The number of nitrogens with zero attached hydrogens (tertiary/aromatic N) is 3. The number of ether oxygens (including phenoxy) is 1. The molecule has 2 aliphatic rings. The molecule has 4 rings (SSSR count). The van der Waals surface area contributed by atoms with Crippen LogP contribution in [-0.4, -0.2) is 68.3 Å². The molecule has 2 atom stereocenters. The summed E-state index contributed by atoms with van der Waals surface area (Å²) in [6.07, 6.45) is 1.83. The molecule has 142 valence electrons. The number of hydrogen-bond acceptors (Lipinski definition) is 6. The molecule has 2 fully saturated rings. The number of benzene rings is 1. The summed E-state index contributed by atoms with van der Waals surface area (Å²) in [4.78, 5) is 21.5. The van der Waals surface area contributed by atoms with E-state index in [0.29, 0.717) is 34.8 Å². The molecule has 8 heteroatoms.